The molecule has 0 fully saturated rings. The van der Waals surface area contributed by atoms with Crippen molar-refractivity contribution in [3.63, 3.8) is 0 Å². The summed E-state index contributed by atoms with van der Waals surface area (Å²) in [5.41, 5.74) is 4.16. The number of hydrogen-bond acceptors (Lipinski definition) is 4. The van der Waals surface area contributed by atoms with Gasteiger partial charge in [-0.2, -0.15) is 5.10 Å². The van der Waals surface area contributed by atoms with E-state index in [9.17, 15) is 9.50 Å². The van der Waals surface area contributed by atoms with Crippen LogP contribution in [0, 0.1) is 5.82 Å². The Labute approximate surface area is 108 Å². The fourth-order valence-electron chi connectivity index (χ4n) is 2.00. The van der Waals surface area contributed by atoms with E-state index in [0.717, 1.165) is 0 Å². The lowest BCUT2D eigenvalue weighted by Crippen LogP contribution is -2.07. The summed E-state index contributed by atoms with van der Waals surface area (Å²) in [5.74, 6) is -0.311. The van der Waals surface area contributed by atoms with E-state index in [1.807, 2.05) is 17.5 Å². The Bertz CT molecular complexity index is 595. The third-order valence-electron chi connectivity index (χ3n) is 2.91. The van der Waals surface area contributed by atoms with Crippen LogP contribution in [-0.4, -0.2) is 10.8 Å². The van der Waals surface area contributed by atoms with Gasteiger partial charge < -0.3 is 10.5 Å². The first-order chi connectivity index (χ1) is 8.74. The van der Waals surface area contributed by atoms with Crippen LogP contribution < -0.4 is 5.43 Å². The molecule has 1 aromatic heterocycles. The highest BCUT2D eigenvalue weighted by atomic mass is 32.1. The third-order valence-corrected chi connectivity index (χ3v) is 3.89. The monoisotopic (exact) mass is 262 g/mol. The molecule has 1 aliphatic heterocycles. The van der Waals surface area contributed by atoms with Gasteiger partial charge in [-0.3, -0.25) is 0 Å². The molecule has 2 heterocycles. The average molecular weight is 262 g/mol. The molecular weight excluding hydrogens is 251 g/mol. The second-order valence-corrected chi connectivity index (χ2v) is 5.10. The largest absolute Gasteiger partial charge is 0.507 e. The van der Waals surface area contributed by atoms with E-state index in [4.69, 9.17) is 0 Å². The van der Waals surface area contributed by atoms with Gasteiger partial charge in [-0.1, -0.05) is 6.07 Å². The van der Waals surface area contributed by atoms with Gasteiger partial charge in [0.1, 0.15) is 11.6 Å². The maximum atomic E-state index is 13.2. The number of benzene rings is 1. The second-order valence-electron chi connectivity index (χ2n) is 4.12. The summed E-state index contributed by atoms with van der Waals surface area (Å²) in [7, 11) is 0. The van der Waals surface area contributed by atoms with E-state index in [-0.39, 0.29) is 17.6 Å². The fourth-order valence-corrected chi connectivity index (χ4v) is 2.78. The van der Waals surface area contributed by atoms with E-state index >= 15 is 0 Å². The summed E-state index contributed by atoms with van der Waals surface area (Å²) in [6.45, 7) is 0. The van der Waals surface area contributed by atoms with Crippen molar-refractivity contribution < 1.29 is 9.50 Å². The molecular formula is C13H11FN2OS. The minimum atomic E-state index is -0.370. The SMILES string of the molecule is Oc1ccc(F)cc1C1=NNC(c2cccs2)C1. The molecule has 5 heteroatoms. The number of nitrogens with one attached hydrogen (secondary N) is 1. The molecule has 2 N–H and O–H groups in total. The number of phenolic OH excluding ortho intramolecular Hbond substituents is 1. The Balaban J connectivity index is 1.85. The average Bonchev–Trinajstić information content (AvgIpc) is 3.00. The summed E-state index contributed by atoms with van der Waals surface area (Å²) < 4.78 is 13.2. The summed E-state index contributed by atoms with van der Waals surface area (Å²) in [5, 5.41) is 15.9. The molecule has 0 bridgehead atoms. The van der Waals surface area contributed by atoms with Crippen LogP contribution in [0.25, 0.3) is 0 Å². The van der Waals surface area contributed by atoms with Gasteiger partial charge in [0.25, 0.3) is 0 Å². The number of halogens is 1. The molecule has 3 rings (SSSR count). The zero-order valence-electron chi connectivity index (χ0n) is 9.43. The predicted octanol–water partition coefficient (Wildman–Crippen LogP) is 3.03. The maximum Gasteiger partial charge on any atom is 0.124 e. The van der Waals surface area contributed by atoms with Crippen molar-refractivity contribution in [3.05, 3.63) is 52.0 Å². The predicted molar refractivity (Wildman–Crippen MR) is 69.4 cm³/mol. The van der Waals surface area contributed by atoms with Crippen LogP contribution in [0.3, 0.4) is 0 Å². The summed E-state index contributed by atoms with van der Waals surface area (Å²) >= 11 is 1.65. The Morgan fingerprint density at radius 1 is 1.39 bits per heavy atom. The molecule has 0 spiro atoms. The van der Waals surface area contributed by atoms with Gasteiger partial charge in [0.2, 0.25) is 0 Å². The fraction of sp³-hybridized carbons (Fsp3) is 0.154. The number of aromatic hydroxyl groups is 1. The lowest BCUT2D eigenvalue weighted by Gasteiger charge is -2.07. The van der Waals surface area contributed by atoms with Gasteiger partial charge in [-0.05, 0) is 29.6 Å². The van der Waals surface area contributed by atoms with Crippen LogP contribution in [0.2, 0.25) is 0 Å². The Kier molecular flexibility index (Phi) is 2.76. The normalized spacial score (nSPS) is 18.5. The molecule has 1 atom stereocenters. The van der Waals surface area contributed by atoms with Crippen molar-refractivity contribution in [3.8, 4) is 5.75 Å². The Hall–Kier alpha value is -1.88. The zero-order valence-corrected chi connectivity index (χ0v) is 10.2. The van der Waals surface area contributed by atoms with Gasteiger partial charge in [0, 0.05) is 16.9 Å². The number of hydrazone groups is 1. The molecule has 1 aliphatic rings. The van der Waals surface area contributed by atoms with Gasteiger partial charge in [0.15, 0.2) is 0 Å². The molecule has 0 radical (unpaired) electrons. The van der Waals surface area contributed by atoms with Gasteiger partial charge >= 0.3 is 0 Å². The van der Waals surface area contributed by atoms with Gasteiger partial charge in [-0.15, -0.1) is 11.3 Å². The highest BCUT2D eigenvalue weighted by Gasteiger charge is 2.23. The van der Waals surface area contributed by atoms with Crippen molar-refractivity contribution in [1.29, 1.82) is 0 Å². The van der Waals surface area contributed by atoms with Crippen molar-refractivity contribution >= 4 is 17.0 Å². The molecule has 3 nitrogen and oxygen atoms in total. The van der Waals surface area contributed by atoms with Crippen molar-refractivity contribution in [1.82, 2.24) is 5.43 Å². The van der Waals surface area contributed by atoms with Crippen LogP contribution in [0.4, 0.5) is 4.39 Å². The van der Waals surface area contributed by atoms with Crippen LogP contribution in [-0.2, 0) is 0 Å². The first-order valence-corrected chi connectivity index (χ1v) is 6.46. The van der Waals surface area contributed by atoms with Crippen LogP contribution >= 0.6 is 11.3 Å². The molecule has 1 unspecified atom stereocenters. The van der Waals surface area contributed by atoms with Crippen LogP contribution in [0.15, 0.2) is 40.8 Å². The van der Waals surface area contributed by atoms with Crippen molar-refractivity contribution in [2.75, 3.05) is 0 Å². The second kappa shape index (κ2) is 4.42. The van der Waals surface area contributed by atoms with Crippen LogP contribution in [0.5, 0.6) is 5.75 Å². The smallest absolute Gasteiger partial charge is 0.124 e. The topological polar surface area (TPSA) is 44.6 Å². The van der Waals surface area contributed by atoms with Gasteiger partial charge in [0.05, 0.1) is 11.8 Å². The van der Waals surface area contributed by atoms with E-state index < -0.39 is 0 Å². The molecule has 1 aromatic carbocycles. The maximum absolute atomic E-state index is 13.2. The summed E-state index contributed by atoms with van der Waals surface area (Å²) in [4.78, 5) is 1.18. The van der Waals surface area contributed by atoms with E-state index in [0.29, 0.717) is 17.7 Å². The van der Waals surface area contributed by atoms with Crippen LogP contribution in [0.1, 0.15) is 22.9 Å². The van der Waals surface area contributed by atoms with Crippen molar-refractivity contribution in [2.45, 2.75) is 12.5 Å². The molecule has 0 amide bonds. The number of nitrogens with zero attached hydrogens (tertiary/aromatic N) is 1. The number of phenols is 1. The molecule has 0 saturated carbocycles. The number of rotatable bonds is 2. The molecule has 92 valence electrons. The first-order valence-electron chi connectivity index (χ1n) is 5.58. The zero-order chi connectivity index (χ0) is 12.5. The highest BCUT2D eigenvalue weighted by molar-refractivity contribution is 7.10. The quantitative estimate of drug-likeness (QED) is 0.873. The minimum absolute atomic E-state index is 0.0591. The van der Waals surface area contributed by atoms with E-state index in [1.54, 1.807) is 11.3 Å². The van der Waals surface area contributed by atoms with Gasteiger partial charge in [-0.25, -0.2) is 4.39 Å². The standard InChI is InChI=1S/C13H11FN2OS/c14-8-3-4-12(17)9(6-8)10-7-11(16-15-10)13-2-1-5-18-13/h1-6,11,16-17H,7H2. The molecule has 0 saturated heterocycles. The lowest BCUT2D eigenvalue weighted by molar-refractivity contribution is 0.471. The number of hydrogen-bond donors (Lipinski definition) is 2. The lowest BCUT2D eigenvalue weighted by atomic mass is 10.0. The Morgan fingerprint density at radius 3 is 3.06 bits per heavy atom. The van der Waals surface area contributed by atoms with E-state index in [2.05, 4.69) is 10.5 Å². The summed E-state index contributed by atoms with van der Waals surface area (Å²) in [6, 6.07) is 8.03. The number of thiophene rings is 1. The molecule has 0 aliphatic carbocycles. The van der Waals surface area contributed by atoms with E-state index in [1.165, 1.54) is 23.1 Å². The Morgan fingerprint density at radius 2 is 2.28 bits per heavy atom. The van der Waals surface area contributed by atoms with Crippen molar-refractivity contribution in [2.24, 2.45) is 5.10 Å². The minimum Gasteiger partial charge on any atom is -0.507 e. The summed E-state index contributed by atoms with van der Waals surface area (Å²) in [6.07, 6.45) is 0.650. The molecule has 18 heavy (non-hydrogen) atoms. The third kappa shape index (κ3) is 1.97. The first kappa shape index (κ1) is 11.2. The molecule has 2 aromatic rings. The highest BCUT2D eigenvalue weighted by Crippen LogP contribution is 2.30.